The summed E-state index contributed by atoms with van der Waals surface area (Å²) in [6.07, 6.45) is 2.22. The van der Waals surface area contributed by atoms with Crippen molar-refractivity contribution in [2.45, 2.75) is 47.0 Å². The van der Waals surface area contributed by atoms with Crippen LogP contribution in [0.25, 0.3) is 5.57 Å². The van der Waals surface area contributed by atoms with Crippen molar-refractivity contribution < 1.29 is 19.6 Å². The van der Waals surface area contributed by atoms with E-state index in [1.54, 1.807) is 12.1 Å². The van der Waals surface area contributed by atoms with Crippen LogP contribution in [0.3, 0.4) is 0 Å². The predicted octanol–water partition coefficient (Wildman–Crippen LogP) is 6.90. The molecule has 0 aliphatic heterocycles. The molecular weight excluding hydrogens is 430 g/mol. The van der Waals surface area contributed by atoms with E-state index in [9.17, 15) is 20.0 Å². The third-order valence-electron chi connectivity index (χ3n) is 7.63. The maximum Gasteiger partial charge on any atom is 0.288 e. The van der Waals surface area contributed by atoms with Crippen molar-refractivity contribution in [2.24, 2.45) is 16.7 Å². The first-order valence-electron chi connectivity index (χ1n) is 10.7. The number of hydrogen-bond donors (Lipinski definition) is 1. The Kier molecular flexibility index (Phi) is 5.32. The van der Waals surface area contributed by atoms with Gasteiger partial charge in [0.2, 0.25) is 0 Å². The van der Waals surface area contributed by atoms with E-state index in [1.165, 1.54) is 18.2 Å². The standard InChI is InChI=1S/C25H26ClNO5/c1-5-14-6-7-15(32-16-8-9-20(27(30)31)19(26)13-16)12-17(14)21-22(28)18-10-11-25(4,23(21)29)24(18,2)3/h6-9,12-13,18,29H,5,10-11H2,1-4H3/t18-,25+/m0/s1. The topological polar surface area (TPSA) is 89.7 Å². The minimum absolute atomic E-state index is 0.0206. The van der Waals surface area contributed by atoms with Crippen LogP contribution < -0.4 is 4.74 Å². The molecule has 4 rings (SSSR count). The van der Waals surface area contributed by atoms with Crippen LogP contribution in [0.1, 0.15) is 51.7 Å². The molecule has 0 amide bonds. The minimum Gasteiger partial charge on any atom is -0.511 e. The third kappa shape index (κ3) is 3.20. The number of rotatable bonds is 5. The van der Waals surface area contributed by atoms with E-state index in [2.05, 4.69) is 13.8 Å². The Morgan fingerprint density at radius 3 is 2.47 bits per heavy atom. The minimum atomic E-state index is -0.555. The second-order valence-electron chi connectivity index (χ2n) is 9.38. The van der Waals surface area contributed by atoms with Crippen LogP contribution in [0.15, 0.2) is 42.2 Å². The smallest absolute Gasteiger partial charge is 0.288 e. The Hall–Kier alpha value is -2.86. The zero-order valence-electron chi connectivity index (χ0n) is 18.6. The average Bonchev–Trinajstić information content (AvgIpc) is 2.91. The van der Waals surface area contributed by atoms with Gasteiger partial charge in [0.15, 0.2) is 5.78 Å². The maximum atomic E-state index is 13.5. The van der Waals surface area contributed by atoms with Gasteiger partial charge in [0.1, 0.15) is 22.3 Å². The maximum absolute atomic E-state index is 13.5. The number of carbonyl (C=O) groups is 1. The zero-order chi connectivity index (χ0) is 23.4. The number of hydrogen-bond acceptors (Lipinski definition) is 5. The highest BCUT2D eigenvalue weighted by Crippen LogP contribution is 2.64. The van der Waals surface area contributed by atoms with Gasteiger partial charge < -0.3 is 9.84 Å². The fraction of sp³-hybridized carbons (Fsp3) is 0.400. The number of nitrogens with zero attached hydrogens (tertiary/aromatic N) is 1. The lowest BCUT2D eigenvalue weighted by atomic mass is 9.58. The molecule has 2 aromatic rings. The number of benzene rings is 2. The van der Waals surface area contributed by atoms with E-state index in [-0.39, 0.29) is 33.6 Å². The first-order valence-corrected chi connectivity index (χ1v) is 11.1. The van der Waals surface area contributed by atoms with Gasteiger partial charge in [-0.2, -0.15) is 0 Å². The molecule has 0 saturated heterocycles. The zero-order valence-corrected chi connectivity index (χ0v) is 19.3. The molecule has 0 radical (unpaired) electrons. The van der Waals surface area contributed by atoms with E-state index in [0.717, 1.165) is 18.4 Å². The van der Waals surface area contributed by atoms with Crippen LogP contribution in [0, 0.1) is 26.9 Å². The molecule has 0 spiro atoms. The molecule has 2 atom stereocenters. The Bertz CT molecular complexity index is 1170. The molecule has 2 aliphatic carbocycles. The van der Waals surface area contributed by atoms with Gasteiger partial charge in [-0.25, -0.2) is 0 Å². The summed E-state index contributed by atoms with van der Waals surface area (Å²) in [4.78, 5) is 23.9. The highest BCUT2D eigenvalue weighted by atomic mass is 35.5. The van der Waals surface area contributed by atoms with E-state index in [1.807, 2.05) is 19.9 Å². The number of aliphatic hydroxyl groups excluding tert-OH is 1. The SMILES string of the molecule is CCc1ccc(Oc2ccc([N+](=O)[O-])c(Cl)c2)cc1C1=C(O)[C@@]2(C)CC[C@@H](C1=O)C2(C)C. The van der Waals surface area contributed by atoms with Gasteiger partial charge in [-0.15, -0.1) is 0 Å². The Morgan fingerprint density at radius 1 is 1.19 bits per heavy atom. The summed E-state index contributed by atoms with van der Waals surface area (Å²) in [5.74, 6) is 0.801. The quantitative estimate of drug-likeness (QED) is 0.391. The number of carbonyl (C=O) groups excluding carboxylic acids is 1. The molecule has 2 bridgehead atoms. The number of allylic oxidation sites excluding steroid dienone is 2. The average molecular weight is 456 g/mol. The van der Waals surface area contributed by atoms with Crippen LogP contribution >= 0.6 is 11.6 Å². The van der Waals surface area contributed by atoms with E-state index in [4.69, 9.17) is 16.3 Å². The van der Waals surface area contributed by atoms with Crippen molar-refractivity contribution in [1.82, 2.24) is 0 Å². The number of aliphatic hydroxyl groups is 1. The first kappa shape index (κ1) is 22.3. The summed E-state index contributed by atoms with van der Waals surface area (Å²) in [5, 5.41) is 22.3. The van der Waals surface area contributed by atoms with E-state index >= 15 is 0 Å². The van der Waals surface area contributed by atoms with Crippen molar-refractivity contribution in [3.05, 3.63) is 68.4 Å². The van der Waals surface area contributed by atoms with Crippen molar-refractivity contribution >= 4 is 28.6 Å². The summed E-state index contributed by atoms with van der Waals surface area (Å²) >= 11 is 6.00. The fourth-order valence-corrected chi connectivity index (χ4v) is 5.44. The fourth-order valence-electron chi connectivity index (χ4n) is 5.21. The molecule has 0 aromatic heterocycles. The van der Waals surface area contributed by atoms with E-state index in [0.29, 0.717) is 29.1 Å². The van der Waals surface area contributed by atoms with Crippen molar-refractivity contribution in [3.63, 3.8) is 0 Å². The number of ether oxygens (including phenoxy) is 1. The van der Waals surface area contributed by atoms with Gasteiger partial charge in [0.25, 0.3) is 5.69 Å². The molecule has 168 valence electrons. The highest BCUT2D eigenvalue weighted by molar-refractivity contribution is 6.32. The van der Waals surface area contributed by atoms with Crippen LogP contribution in [0.2, 0.25) is 5.02 Å². The van der Waals surface area contributed by atoms with Gasteiger partial charge in [-0.3, -0.25) is 14.9 Å². The molecule has 32 heavy (non-hydrogen) atoms. The summed E-state index contributed by atoms with van der Waals surface area (Å²) in [6.45, 7) is 8.17. The molecule has 2 aromatic carbocycles. The summed E-state index contributed by atoms with van der Waals surface area (Å²) in [7, 11) is 0. The number of nitro benzene ring substituents is 1. The van der Waals surface area contributed by atoms with Gasteiger partial charge >= 0.3 is 0 Å². The number of nitro groups is 1. The molecule has 1 fully saturated rings. The highest BCUT2D eigenvalue weighted by Gasteiger charge is 2.61. The van der Waals surface area contributed by atoms with Crippen molar-refractivity contribution in [2.75, 3.05) is 0 Å². The Balaban J connectivity index is 1.78. The molecule has 0 unspecified atom stereocenters. The van der Waals surface area contributed by atoms with Crippen LogP contribution in [0.5, 0.6) is 11.5 Å². The molecule has 1 N–H and O–H groups in total. The summed E-state index contributed by atoms with van der Waals surface area (Å²) in [6, 6.07) is 9.58. The molecular formula is C25H26ClNO5. The molecule has 2 aliphatic rings. The van der Waals surface area contributed by atoms with Crippen molar-refractivity contribution in [3.8, 4) is 11.5 Å². The monoisotopic (exact) mass is 455 g/mol. The third-order valence-corrected chi connectivity index (χ3v) is 7.93. The van der Waals surface area contributed by atoms with Gasteiger partial charge in [-0.05, 0) is 54.0 Å². The first-order chi connectivity index (χ1) is 15.0. The number of Topliss-reactive ketones (excluding diaryl/α,β-unsaturated/α-hetero) is 1. The summed E-state index contributed by atoms with van der Waals surface area (Å²) < 4.78 is 5.91. The van der Waals surface area contributed by atoms with Crippen LogP contribution in [0.4, 0.5) is 5.69 Å². The van der Waals surface area contributed by atoms with Crippen molar-refractivity contribution in [1.29, 1.82) is 0 Å². The summed E-state index contributed by atoms with van der Waals surface area (Å²) in [5.41, 5.74) is 1.03. The van der Waals surface area contributed by atoms with E-state index < -0.39 is 10.3 Å². The Morgan fingerprint density at radius 2 is 1.84 bits per heavy atom. The molecule has 7 heteroatoms. The van der Waals surface area contributed by atoms with Crippen LogP contribution in [-0.2, 0) is 11.2 Å². The number of ketones is 1. The second kappa shape index (κ2) is 7.62. The van der Waals surface area contributed by atoms with Crippen LogP contribution in [-0.4, -0.2) is 15.8 Å². The number of aryl methyl sites for hydroxylation is 1. The normalized spacial score (nSPS) is 24.0. The molecule has 0 heterocycles. The second-order valence-corrected chi connectivity index (χ2v) is 9.79. The largest absolute Gasteiger partial charge is 0.511 e. The molecule has 6 nitrogen and oxygen atoms in total. The lowest BCUT2D eigenvalue weighted by Gasteiger charge is -2.45. The Labute approximate surface area is 192 Å². The van der Waals surface area contributed by atoms with Gasteiger partial charge in [0.05, 0.1) is 10.5 Å². The number of halogens is 1. The lowest BCUT2D eigenvalue weighted by molar-refractivity contribution is -0.384. The van der Waals surface area contributed by atoms with Gasteiger partial charge in [-0.1, -0.05) is 45.4 Å². The predicted molar refractivity (Wildman–Crippen MR) is 123 cm³/mol. The lowest BCUT2D eigenvalue weighted by Crippen LogP contribution is -2.43. The number of fused-ring (bicyclic) bond motifs is 2. The molecule has 1 saturated carbocycles. The van der Waals surface area contributed by atoms with Gasteiger partial charge in [0, 0.05) is 23.5 Å².